The fourth-order valence-electron chi connectivity index (χ4n) is 2.07. The molecule has 0 bridgehead atoms. The second-order valence-electron chi connectivity index (χ2n) is 4.57. The number of pyridine rings is 1. The molecule has 1 heterocycles. The van der Waals surface area contributed by atoms with Gasteiger partial charge in [0.2, 0.25) is 0 Å². The van der Waals surface area contributed by atoms with Gasteiger partial charge in [-0.1, -0.05) is 25.1 Å². The molecule has 1 aromatic heterocycles. The number of alkyl halides is 1. The monoisotopic (exact) mass is 262 g/mol. The van der Waals surface area contributed by atoms with Crippen LogP contribution in [0.1, 0.15) is 25.3 Å². The van der Waals surface area contributed by atoms with Crippen LogP contribution in [0.2, 0.25) is 0 Å². The lowest BCUT2D eigenvalue weighted by molar-refractivity contribution is 0.672. The molecule has 1 unspecified atom stereocenters. The molecule has 1 aromatic carbocycles. The number of aryl methyl sites for hydroxylation is 1. The van der Waals surface area contributed by atoms with Gasteiger partial charge in [0.05, 0.1) is 5.52 Å². The molecule has 0 fully saturated rings. The van der Waals surface area contributed by atoms with Gasteiger partial charge in [-0.2, -0.15) is 0 Å². The first-order valence-electron chi connectivity index (χ1n) is 6.43. The molecular weight excluding hydrogens is 244 g/mol. The first-order chi connectivity index (χ1) is 8.74. The lowest BCUT2D eigenvalue weighted by Gasteiger charge is -2.18. The van der Waals surface area contributed by atoms with Gasteiger partial charge in [0.15, 0.2) is 0 Å². The van der Waals surface area contributed by atoms with Crippen molar-refractivity contribution in [2.45, 2.75) is 32.7 Å². The topological polar surface area (TPSA) is 24.9 Å². The van der Waals surface area contributed by atoms with Crippen LogP contribution in [0, 0.1) is 6.92 Å². The third-order valence-electron chi connectivity index (χ3n) is 3.21. The molecule has 0 saturated carbocycles. The number of para-hydroxylation sites is 1. The van der Waals surface area contributed by atoms with Gasteiger partial charge in [0.25, 0.3) is 0 Å². The van der Waals surface area contributed by atoms with E-state index in [-0.39, 0.29) is 0 Å². The fraction of sp³-hybridized carbons (Fsp3) is 0.400. The second-order valence-corrected chi connectivity index (χ2v) is 4.95. The van der Waals surface area contributed by atoms with Gasteiger partial charge in [-0.25, -0.2) is 4.98 Å². The summed E-state index contributed by atoms with van der Waals surface area (Å²) in [4.78, 5) is 4.69. The molecule has 2 rings (SSSR count). The van der Waals surface area contributed by atoms with Crippen LogP contribution < -0.4 is 5.32 Å². The van der Waals surface area contributed by atoms with Crippen molar-refractivity contribution in [3.63, 3.8) is 0 Å². The van der Waals surface area contributed by atoms with Crippen LogP contribution in [0.25, 0.3) is 10.9 Å². The number of hydrogen-bond acceptors (Lipinski definition) is 2. The molecule has 0 spiro atoms. The standard InChI is InChI=1S/C15H19ClN2/c1-3-13(8-9-16)17-15-11(2)10-12-6-4-5-7-14(12)18-15/h4-7,10,13H,3,8-9H2,1-2H3,(H,17,18). The van der Waals surface area contributed by atoms with Crippen molar-refractivity contribution in [2.24, 2.45) is 0 Å². The lowest BCUT2D eigenvalue weighted by Crippen LogP contribution is -2.20. The van der Waals surface area contributed by atoms with Gasteiger partial charge < -0.3 is 5.32 Å². The van der Waals surface area contributed by atoms with E-state index in [1.54, 1.807) is 0 Å². The summed E-state index contributed by atoms with van der Waals surface area (Å²) in [5.41, 5.74) is 2.22. The van der Waals surface area contributed by atoms with E-state index >= 15 is 0 Å². The normalized spacial score (nSPS) is 12.6. The molecule has 1 atom stereocenters. The van der Waals surface area contributed by atoms with Gasteiger partial charge in [0, 0.05) is 17.3 Å². The number of hydrogen-bond donors (Lipinski definition) is 1. The molecule has 1 N–H and O–H groups in total. The summed E-state index contributed by atoms with van der Waals surface area (Å²) in [5.74, 6) is 1.66. The van der Waals surface area contributed by atoms with Crippen LogP contribution in [0.5, 0.6) is 0 Å². The second kappa shape index (κ2) is 6.05. The Bertz CT molecular complexity index is 525. The zero-order chi connectivity index (χ0) is 13.0. The highest BCUT2D eigenvalue weighted by Crippen LogP contribution is 2.21. The van der Waals surface area contributed by atoms with E-state index in [2.05, 4.69) is 31.3 Å². The van der Waals surface area contributed by atoms with E-state index in [9.17, 15) is 0 Å². The number of benzene rings is 1. The molecule has 3 heteroatoms. The predicted molar refractivity (Wildman–Crippen MR) is 79.5 cm³/mol. The minimum absolute atomic E-state index is 0.398. The first-order valence-corrected chi connectivity index (χ1v) is 6.97. The van der Waals surface area contributed by atoms with Gasteiger partial charge >= 0.3 is 0 Å². The molecule has 0 amide bonds. The largest absolute Gasteiger partial charge is 0.367 e. The van der Waals surface area contributed by atoms with Crippen LogP contribution in [0.15, 0.2) is 30.3 Å². The third-order valence-corrected chi connectivity index (χ3v) is 3.42. The Balaban J connectivity index is 2.29. The summed E-state index contributed by atoms with van der Waals surface area (Å²) in [7, 11) is 0. The van der Waals surface area contributed by atoms with Crippen LogP contribution in [0.4, 0.5) is 5.82 Å². The highest BCUT2D eigenvalue weighted by atomic mass is 35.5. The SMILES string of the molecule is CCC(CCCl)Nc1nc2ccccc2cc1C. The zero-order valence-electron chi connectivity index (χ0n) is 10.9. The Hall–Kier alpha value is -1.28. The average Bonchev–Trinajstić information content (AvgIpc) is 2.39. The molecule has 18 heavy (non-hydrogen) atoms. The Morgan fingerprint density at radius 3 is 2.83 bits per heavy atom. The van der Waals surface area contributed by atoms with Crippen LogP contribution in [-0.2, 0) is 0 Å². The van der Waals surface area contributed by atoms with E-state index in [1.807, 2.05) is 18.2 Å². The number of rotatable bonds is 5. The van der Waals surface area contributed by atoms with Gasteiger partial charge in [-0.15, -0.1) is 11.6 Å². The van der Waals surface area contributed by atoms with E-state index in [1.165, 1.54) is 10.9 Å². The molecule has 0 aliphatic carbocycles. The first kappa shape index (κ1) is 13.2. The van der Waals surface area contributed by atoms with Crippen molar-refractivity contribution in [1.82, 2.24) is 4.98 Å². The Kier molecular flexibility index (Phi) is 4.43. The van der Waals surface area contributed by atoms with Crippen molar-refractivity contribution >= 4 is 28.3 Å². The van der Waals surface area contributed by atoms with Crippen molar-refractivity contribution < 1.29 is 0 Å². The number of halogens is 1. The molecular formula is C15H19ClN2. The summed E-state index contributed by atoms with van der Waals surface area (Å²) in [5, 5.41) is 4.68. The Morgan fingerprint density at radius 1 is 1.33 bits per heavy atom. The van der Waals surface area contributed by atoms with Gasteiger partial charge in [-0.05, 0) is 37.5 Å². The smallest absolute Gasteiger partial charge is 0.129 e. The lowest BCUT2D eigenvalue weighted by atomic mass is 10.1. The van der Waals surface area contributed by atoms with Crippen molar-refractivity contribution in [2.75, 3.05) is 11.2 Å². The van der Waals surface area contributed by atoms with Crippen molar-refractivity contribution in [3.8, 4) is 0 Å². The van der Waals surface area contributed by atoms with E-state index in [0.717, 1.165) is 24.2 Å². The summed E-state index contributed by atoms with van der Waals surface area (Å²) in [6.07, 6.45) is 2.02. The van der Waals surface area contributed by atoms with Gasteiger partial charge in [0.1, 0.15) is 5.82 Å². The van der Waals surface area contributed by atoms with E-state index in [4.69, 9.17) is 16.6 Å². The van der Waals surface area contributed by atoms with Crippen LogP contribution in [-0.4, -0.2) is 16.9 Å². The fourth-order valence-corrected chi connectivity index (χ4v) is 2.33. The maximum absolute atomic E-state index is 5.82. The molecule has 0 radical (unpaired) electrons. The maximum atomic E-state index is 5.82. The summed E-state index contributed by atoms with van der Waals surface area (Å²) in [6, 6.07) is 10.8. The quantitative estimate of drug-likeness (QED) is 0.810. The summed E-state index contributed by atoms with van der Waals surface area (Å²) >= 11 is 5.82. The number of fused-ring (bicyclic) bond motifs is 1. The highest BCUT2D eigenvalue weighted by molar-refractivity contribution is 6.17. The van der Waals surface area contributed by atoms with Gasteiger partial charge in [-0.3, -0.25) is 0 Å². The van der Waals surface area contributed by atoms with E-state index < -0.39 is 0 Å². The van der Waals surface area contributed by atoms with Crippen molar-refractivity contribution in [3.05, 3.63) is 35.9 Å². The predicted octanol–water partition coefficient (Wildman–Crippen LogP) is 4.36. The minimum atomic E-state index is 0.398. The summed E-state index contributed by atoms with van der Waals surface area (Å²) in [6.45, 7) is 4.26. The Morgan fingerprint density at radius 2 is 2.11 bits per heavy atom. The minimum Gasteiger partial charge on any atom is -0.367 e. The Labute approximate surface area is 113 Å². The zero-order valence-corrected chi connectivity index (χ0v) is 11.7. The third kappa shape index (κ3) is 2.94. The number of aromatic nitrogens is 1. The molecule has 0 aliphatic rings. The number of nitrogens with zero attached hydrogens (tertiary/aromatic N) is 1. The van der Waals surface area contributed by atoms with E-state index in [0.29, 0.717) is 11.9 Å². The van der Waals surface area contributed by atoms with Crippen molar-refractivity contribution in [1.29, 1.82) is 0 Å². The van der Waals surface area contributed by atoms with Crippen LogP contribution in [0.3, 0.4) is 0 Å². The average molecular weight is 263 g/mol. The summed E-state index contributed by atoms with van der Waals surface area (Å²) < 4.78 is 0. The highest BCUT2D eigenvalue weighted by Gasteiger charge is 2.09. The molecule has 0 aliphatic heterocycles. The molecule has 2 aromatic rings. The maximum Gasteiger partial charge on any atom is 0.129 e. The number of anilines is 1. The molecule has 2 nitrogen and oxygen atoms in total. The van der Waals surface area contributed by atoms with Crippen LogP contribution >= 0.6 is 11.6 Å². The molecule has 96 valence electrons. The number of nitrogens with one attached hydrogen (secondary N) is 1. The molecule has 0 saturated heterocycles.